The summed E-state index contributed by atoms with van der Waals surface area (Å²) in [5.41, 5.74) is -2.19. The fourth-order valence-corrected chi connectivity index (χ4v) is 6.05. The van der Waals surface area contributed by atoms with E-state index in [4.69, 9.17) is 11.6 Å². The van der Waals surface area contributed by atoms with Gasteiger partial charge in [0.2, 0.25) is 15.9 Å². The van der Waals surface area contributed by atoms with Crippen LogP contribution < -0.4 is 15.3 Å². The molecule has 1 atom stereocenters. The Hall–Kier alpha value is -4.27. The van der Waals surface area contributed by atoms with Crippen LogP contribution in [0.2, 0.25) is 5.02 Å². The van der Waals surface area contributed by atoms with Gasteiger partial charge >= 0.3 is 5.69 Å². The molecule has 4 heterocycles. The van der Waals surface area contributed by atoms with Crippen LogP contribution in [-0.2, 0) is 14.8 Å². The minimum absolute atomic E-state index is 0.0373. The zero-order valence-electron chi connectivity index (χ0n) is 22.4. The Kier molecular flexibility index (Phi) is 7.79. The molecule has 11 nitrogen and oxygen atoms in total. The molecule has 5 rings (SSSR count). The van der Waals surface area contributed by atoms with E-state index in [0.29, 0.717) is 0 Å². The molecule has 4 aromatic rings. The highest BCUT2D eigenvalue weighted by molar-refractivity contribution is 7.89. The smallest absolute Gasteiger partial charge is 0.350 e. The fraction of sp³-hybridized carbons (Fsp3) is 0.222. The molecule has 0 bridgehead atoms. The van der Waals surface area contributed by atoms with Crippen molar-refractivity contribution < 1.29 is 22.0 Å². The summed E-state index contributed by atoms with van der Waals surface area (Å²) in [5, 5.41) is -0.0873. The predicted octanol–water partition coefficient (Wildman–Crippen LogP) is 2.91. The highest BCUT2D eigenvalue weighted by Crippen LogP contribution is 2.35. The minimum atomic E-state index is -4.12. The zero-order valence-corrected chi connectivity index (χ0v) is 24.0. The van der Waals surface area contributed by atoms with Crippen LogP contribution in [0.4, 0.5) is 14.6 Å². The van der Waals surface area contributed by atoms with Crippen LogP contribution in [0.3, 0.4) is 0 Å². The first-order valence-corrected chi connectivity index (χ1v) is 14.5. The minimum Gasteiger partial charge on any atom is -0.350 e. The van der Waals surface area contributed by atoms with Crippen LogP contribution >= 0.6 is 11.6 Å². The quantitative estimate of drug-likeness (QED) is 0.328. The summed E-state index contributed by atoms with van der Waals surface area (Å²) in [6.07, 6.45) is 3.57. The lowest BCUT2D eigenvalue weighted by atomic mass is 10.1. The second kappa shape index (κ2) is 11.2. The van der Waals surface area contributed by atoms with E-state index in [1.165, 1.54) is 37.5 Å². The van der Waals surface area contributed by atoms with Crippen LogP contribution in [0.5, 0.6) is 0 Å². The second-order valence-electron chi connectivity index (χ2n) is 9.42. The number of anilines is 1. The second-order valence-corrected chi connectivity index (χ2v) is 11.7. The molecule has 42 heavy (non-hydrogen) atoms. The van der Waals surface area contributed by atoms with Crippen LogP contribution in [-0.4, -0.2) is 71.5 Å². The lowest BCUT2D eigenvalue weighted by molar-refractivity contribution is -0.126. The van der Waals surface area contributed by atoms with Crippen LogP contribution in [0.15, 0.2) is 65.1 Å². The average molecular weight is 616 g/mol. The van der Waals surface area contributed by atoms with Gasteiger partial charge in [-0.25, -0.2) is 36.3 Å². The number of pyridine rings is 2. The Balaban J connectivity index is 1.84. The number of hydrogen-bond acceptors (Lipinski definition) is 8. The Morgan fingerprint density at radius 3 is 2.62 bits per heavy atom. The van der Waals surface area contributed by atoms with E-state index < -0.39 is 33.0 Å². The monoisotopic (exact) mass is 615 g/mol. The summed E-state index contributed by atoms with van der Waals surface area (Å²) in [6, 6.07) is 5.67. The predicted molar refractivity (Wildman–Crippen MR) is 153 cm³/mol. The van der Waals surface area contributed by atoms with Crippen molar-refractivity contribution in [2.24, 2.45) is 0 Å². The highest BCUT2D eigenvalue weighted by Gasteiger charge is 2.31. The van der Waals surface area contributed by atoms with Crippen molar-refractivity contribution in [3.8, 4) is 16.9 Å². The van der Waals surface area contributed by atoms with Crippen molar-refractivity contribution in [2.75, 3.05) is 31.6 Å². The molecular formula is C27H24ClF2N7O4S. The third kappa shape index (κ3) is 5.01. The van der Waals surface area contributed by atoms with Crippen LogP contribution in [0.25, 0.3) is 28.0 Å². The number of carbonyl (C=O) groups is 1. The molecule has 0 unspecified atom stereocenters. The highest BCUT2D eigenvalue weighted by atomic mass is 35.5. The topological polar surface area (TPSA) is 130 Å². The van der Waals surface area contributed by atoms with Gasteiger partial charge < -0.3 is 9.80 Å². The number of piperazine rings is 1. The Labute approximate surface area is 244 Å². The first kappa shape index (κ1) is 29.2. The summed E-state index contributed by atoms with van der Waals surface area (Å²) in [4.78, 5) is 41.5. The Bertz CT molecular complexity index is 1900. The van der Waals surface area contributed by atoms with Crippen molar-refractivity contribution in [1.82, 2.24) is 29.1 Å². The molecule has 1 aromatic carbocycles. The molecule has 1 fully saturated rings. The lowest BCUT2D eigenvalue weighted by Crippen LogP contribution is -2.54. The number of hydrogen-bond donors (Lipinski definition) is 1. The van der Waals surface area contributed by atoms with Gasteiger partial charge in [-0.2, -0.15) is 4.98 Å². The first-order valence-electron chi connectivity index (χ1n) is 12.6. The van der Waals surface area contributed by atoms with E-state index in [-0.39, 0.29) is 69.6 Å². The van der Waals surface area contributed by atoms with Crippen molar-refractivity contribution >= 4 is 44.4 Å². The van der Waals surface area contributed by atoms with Gasteiger partial charge in [0.15, 0.2) is 11.5 Å². The number of carbonyl (C=O) groups excluding carboxylic acids is 1. The molecule has 15 heteroatoms. The SMILES string of the molecule is C=CC(=O)N1CCN(c2nc(=O)n(-c3cnccc3S(=O)(=O)NC)c3nc(-c4c(F)cccc4Cl)c(F)cc23)[C@@H](C)C1. The molecule has 0 radical (unpaired) electrons. The van der Waals surface area contributed by atoms with E-state index in [9.17, 15) is 22.4 Å². The molecule has 1 amide bonds. The maximum Gasteiger partial charge on any atom is 0.355 e. The number of benzene rings is 1. The van der Waals surface area contributed by atoms with Crippen LogP contribution in [0.1, 0.15) is 6.92 Å². The Morgan fingerprint density at radius 2 is 1.95 bits per heavy atom. The maximum atomic E-state index is 15.8. The van der Waals surface area contributed by atoms with Gasteiger partial charge in [0, 0.05) is 31.9 Å². The van der Waals surface area contributed by atoms with Crippen molar-refractivity contribution in [3.05, 3.63) is 82.5 Å². The zero-order chi connectivity index (χ0) is 30.3. The molecule has 1 aliphatic rings. The summed E-state index contributed by atoms with van der Waals surface area (Å²) in [7, 11) is -2.92. The molecular weight excluding hydrogens is 592 g/mol. The number of aromatic nitrogens is 4. The molecule has 0 spiro atoms. The standard InChI is InChI=1S/C27H24ClF2N7O4S/c1-4-22(38)35-10-11-36(15(2)14-35)25-16-12-19(30)24(23-17(28)6-5-7-18(23)29)33-26(16)37(27(39)34-25)20-13-32-9-8-21(20)42(40,41)31-3/h4-9,12-13,15,31H,1,10-11,14H2,2-3H3/t15-/m0/s1. The van der Waals surface area contributed by atoms with E-state index in [2.05, 4.69) is 26.3 Å². The van der Waals surface area contributed by atoms with E-state index in [1.807, 2.05) is 0 Å². The van der Waals surface area contributed by atoms with Gasteiger partial charge in [0.05, 0.1) is 27.9 Å². The van der Waals surface area contributed by atoms with Gasteiger partial charge in [0.25, 0.3) is 0 Å². The van der Waals surface area contributed by atoms with Gasteiger partial charge in [-0.15, -0.1) is 0 Å². The number of amides is 1. The molecule has 1 N–H and O–H groups in total. The maximum absolute atomic E-state index is 15.8. The normalized spacial score (nSPS) is 15.7. The van der Waals surface area contributed by atoms with E-state index in [1.54, 1.807) is 16.7 Å². The number of nitrogens with zero attached hydrogens (tertiary/aromatic N) is 6. The molecule has 0 aliphatic carbocycles. The third-order valence-electron chi connectivity index (χ3n) is 6.95. The van der Waals surface area contributed by atoms with Gasteiger partial charge in [0.1, 0.15) is 22.2 Å². The number of nitrogens with one attached hydrogen (secondary N) is 1. The van der Waals surface area contributed by atoms with Crippen molar-refractivity contribution in [3.63, 3.8) is 0 Å². The largest absolute Gasteiger partial charge is 0.355 e. The third-order valence-corrected chi connectivity index (χ3v) is 8.72. The molecule has 218 valence electrons. The van der Waals surface area contributed by atoms with Crippen molar-refractivity contribution in [2.45, 2.75) is 17.9 Å². The summed E-state index contributed by atoms with van der Waals surface area (Å²) in [5.74, 6) is -2.01. The summed E-state index contributed by atoms with van der Waals surface area (Å²) >= 11 is 6.23. The lowest BCUT2D eigenvalue weighted by Gasteiger charge is -2.40. The molecule has 1 saturated heterocycles. The molecule has 0 saturated carbocycles. The summed E-state index contributed by atoms with van der Waals surface area (Å²) in [6.45, 7) is 6.09. The fourth-order valence-electron chi connectivity index (χ4n) is 4.92. The average Bonchev–Trinajstić information content (AvgIpc) is 2.97. The van der Waals surface area contributed by atoms with Gasteiger partial charge in [-0.3, -0.25) is 9.78 Å². The van der Waals surface area contributed by atoms with Crippen LogP contribution in [0, 0.1) is 11.6 Å². The molecule has 1 aliphatic heterocycles. The number of halogens is 3. The van der Waals surface area contributed by atoms with Crippen molar-refractivity contribution in [1.29, 1.82) is 0 Å². The van der Waals surface area contributed by atoms with E-state index in [0.717, 1.165) is 22.9 Å². The number of sulfonamides is 1. The number of rotatable bonds is 6. The van der Waals surface area contributed by atoms with Gasteiger partial charge in [-0.05, 0) is 44.3 Å². The first-order chi connectivity index (χ1) is 20.0. The molecule has 3 aromatic heterocycles. The van der Waals surface area contributed by atoms with E-state index >= 15 is 4.39 Å². The Morgan fingerprint density at radius 1 is 1.19 bits per heavy atom. The van der Waals surface area contributed by atoms with Gasteiger partial charge in [-0.1, -0.05) is 24.2 Å². The summed E-state index contributed by atoms with van der Waals surface area (Å²) < 4.78 is 59.5. The number of fused-ring (bicyclic) bond motifs is 1.